The first kappa shape index (κ1) is 27.0. The number of likely N-dealkylation sites (tertiary alicyclic amines) is 1. The van der Waals surface area contributed by atoms with Crippen LogP contribution in [0.25, 0.3) is 11.0 Å². The molecule has 2 heterocycles. The standard InChI is InChI=1S/C28H34N6O4/c1-4-38-24(35)17-31-28(2,27(37)34-12-5-6-13-34)20-10-11-23-21(16-20)32-22(26(36)33(23)3)15-18-8-7-9-19(14-18)25(29)30/h7-11,14,16,31H,4-6,12-13,15,17H2,1-3H3,(H3,29,30). The van der Waals surface area contributed by atoms with E-state index in [9.17, 15) is 14.4 Å². The number of ether oxygens (including phenoxy) is 1. The van der Waals surface area contributed by atoms with Crippen LogP contribution in [0.1, 0.15) is 49.1 Å². The summed E-state index contributed by atoms with van der Waals surface area (Å²) in [5, 5.41) is 10.8. The van der Waals surface area contributed by atoms with Gasteiger partial charge in [-0.2, -0.15) is 0 Å². The Labute approximate surface area is 221 Å². The Bertz CT molecular complexity index is 1440. The molecule has 3 aromatic rings. The molecule has 0 saturated carbocycles. The molecule has 0 bridgehead atoms. The number of nitrogen functional groups attached to an aromatic ring is 1. The van der Waals surface area contributed by atoms with Gasteiger partial charge in [0.2, 0.25) is 5.91 Å². The van der Waals surface area contributed by atoms with E-state index in [-0.39, 0.29) is 36.9 Å². The van der Waals surface area contributed by atoms with Crippen molar-refractivity contribution in [3.63, 3.8) is 0 Å². The molecule has 10 heteroatoms. The number of amidine groups is 1. The molecule has 1 unspecified atom stereocenters. The van der Waals surface area contributed by atoms with E-state index in [1.807, 2.05) is 11.0 Å². The molecular weight excluding hydrogens is 484 g/mol. The second kappa shape index (κ2) is 11.1. The van der Waals surface area contributed by atoms with Crippen molar-refractivity contribution in [2.75, 3.05) is 26.2 Å². The van der Waals surface area contributed by atoms with E-state index in [0.717, 1.165) is 18.4 Å². The van der Waals surface area contributed by atoms with E-state index in [2.05, 4.69) is 5.32 Å². The van der Waals surface area contributed by atoms with E-state index in [0.29, 0.717) is 40.9 Å². The maximum absolute atomic E-state index is 13.7. The van der Waals surface area contributed by atoms with Crippen molar-refractivity contribution in [2.24, 2.45) is 12.8 Å². The summed E-state index contributed by atoms with van der Waals surface area (Å²) in [4.78, 5) is 45.5. The summed E-state index contributed by atoms with van der Waals surface area (Å²) in [6.07, 6.45) is 2.14. The van der Waals surface area contributed by atoms with Crippen molar-refractivity contribution in [1.29, 1.82) is 5.41 Å². The van der Waals surface area contributed by atoms with Crippen LogP contribution in [0.5, 0.6) is 0 Å². The number of nitrogens with two attached hydrogens (primary N) is 1. The zero-order chi connectivity index (χ0) is 27.4. The lowest BCUT2D eigenvalue weighted by Crippen LogP contribution is -2.54. The van der Waals surface area contributed by atoms with Gasteiger partial charge in [-0.1, -0.05) is 24.3 Å². The summed E-state index contributed by atoms with van der Waals surface area (Å²) >= 11 is 0. The van der Waals surface area contributed by atoms with Crippen molar-refractivity contribution in [2.45, 2.75) is 38.6 Å². The van der Waals surface area contributed by atoms with E-state index < -0.39 is 11.5 Å². The molecule has 4 N–H and O–H groups in total. The zero-order valence-electron chi connectivity index (χ0n) is 22.0. The van der Waals surface area contributed by atoms with Crippen LogP contribution < -0.4 is 16.6 Å². The van der Waals surface area contributed by atoms with Gasteiger partial charge in [-0.15, -0.1) is 0 Å². The lowest BCUT2D eigenvalue weighted by molar-refractivity contribution is -0.143. The second-order valence-electron chi connectivity index (χ2n) is 9.70. The van der Waals surface area contributed by atoms with Crippen LogP contribution in [0.3, 0.4) is 0 Å². The molecule has 38 heavy (non-hydrogen) atoms. The number of amides is 1. The lowest BCUT2D eigenvalue weighted by atomic mass is 9.89. The summed E-state index contributed by atoms with van der Waals surface area (Å²) in [5.41, 5.74) is 7.75. The molecule has 1 aliphatic rings. The molecule has 1 amide bonds. The molecule has 2 aromatic carbocycles. The first-order valence-electron chi connectivity index (χ1n) is 12.8. The van der Waals surface area contributed by atoms with Crippen LogP contribution in [-0.4, -0.2) is 58.4 Å². The van der Waals surface area contributed by atoms with Crippen LogP contribution in [-0.2, 0) is 33.3 Å². The Morgan fingerprint density at radius 3 is 2.61 bits per heavy atom. The largest absolute Gasteiger partial charge is 0.465 e. The first-order valence-corrected chi connectivity index (χ1v) is 12.8. The van der Waals surface area contributed by atoms with E-state index >= 15 is 0 Å². The lowest BCUT2D eigenvalue weighted by Gasteiger charge is -2.34. The van der Waals surface area contributed by atoms with Gasteiger partial charge in [0.25, 0.3) is 5.56 Å². The average molecular weight is 519 g/mol. The molecule has 10 nitrogen and oxygen atoms in total. The molecule has 0 spiro atoms. The Hall–Kier alpha value is -4.05. The Morgan fingerprint density at radius 1 is 1.18 bits per heavy atom. The maximum atomic E-state index is 13.7. The number of benzene rings is 2. The predicted octanol–water partition coefficient (Wildman–Crippen LogP) is 1.80. The van der Waals surface area contributed by atoms with Gasteiger partial charge in [0.15, 0.2) is 0 Å². The van der Waals surface area contributed by atoms with E-state index in [1.54, 1.807) is 61.9 Å². The SMILES string of the molecule is CCOC(=O)CNC(C)(C(=O)N1CCCC1)c1ccc2c(c1)nc(Cc1cccc(C(=N)N)c1)c(=O)n2C. The number of hydrogen-bond acceptors (Lipinski definition) is 7. The molecule has 200 valence electrons. The number of fused-ring (bicyclic) bond motifs is 1. The van der Waals surface area contributed by atoms with Gasteiger partial charge < -0.3 is 19.9 Å². The molecule has 0 aliphatic carbocycles. The first-order chi connectivity index (χ1) is 18.1. The number of carbonyl (C=O) groups excluding carboxylic acids is 2. The molecule has 4 rings (SSSR count). The highest BCUT2D eigenvalue weighted by molar-refractivity contribution is 5.95. The van der Waals surface area contributed by atoms with Gasteiger partial charge in [0.05, 0.1) is 24.2 Å². The van der Waals surface area contributed by atoms with E-state index in [1.165, 1.54) is 0 Å². The van der Waals surface area contributed by atoms with Gasteiger partial charge in [0, 0.05) is 32.1 Å². The van der Waals surface area contributed by atoms with Gasteiger partial charge in [-0.05, 0) is 56.0 Å². The van der Waals surface area contributed by atoms with Crippen LogP contribution in [0, 0.1) is 5.41 Å². The number of rotatable bonds is 9. The van der Waals surface area contributed by atoms with Crippen molar-refractivity contribution in [1.82, 2.24) is 19.8 Å². The molecule has 1 fully saturated rings. The third-order valence-corrected chi connectivity index (χ3v) is 7.04. The number of nitrogens with one attached hydrogen (secondary N) is 2. The van der Waals surface area contributed by atoms with Gasteiger partial charge in [0.1, 0.15) is 17.1 Å². The van der Waals surface area contributed by atoms with Gasteiger partial charge in [-0.3, -0.25) is 25.1 Å². The highest BCUT2D eigenvalue weighted by Gasteiger charge is 2.39. The fourth-order valence-electron chi connectivity index (χ4n) is 4.86. The normalized spacial score (nSPS) is 14.9. The van der Waals surface area contributed by atoms with Crippen LogP contribution in [0.4, 0.5) is 0 Å². The van der Waals surface area contributed by atoms with Crippen molar-refractivity contribution in [3.05, 3.63) is 75.2 Å². The molecule has 1 atom stereocenters. The molecule has 1 aliphatic heterocycles. The second-order valence-corrected chi connectivity index (χ2v) is 9.70. The molecule has 0 radical (unpaired) electrons. The number of carbonyl (C=O) groups is 2. The summed E-state index contributed by atoms with van der Waals surface area (Å²) in [7, 11) is 1.69. The average Bonchev–Trinajstić information content (AvgIpc) is 3.45. The predicted molar refractivity (Wildman–Crippen MR) is 145 cm³/mol. The zero-order valence-corrected chi connectivity index (χ0v) is 22.0. The third-order valence-electron chi connectivity index (χ3n) is 7.04. The monoisotopic (exact) mass is 518 g/mol. The smallest absolute Gasteiger partial charge is 0.319 e. The molecule has 1 saturated heterocycles. The number of nitrogens with zero attached hydrogens (tertiary/aromatic N) is 3. The minimum atomic E-state index is -1.20. The van der Waals surface area contributed by atoms with Gasteiger partial charge in [-0.25, -0.2) is 4.98 Å². The van der Waals surface area contributed by atoms with Crippen molar-refractivity contribution >= 4 is 28.7 Å². The van der Waals surface area contributed by atoms with Gasteiger partial charge >= 0.3 is 5.97 Å². The van der Waals surface area contributed by atoms with Crippen LogP contribution in [0.15, 0.2) is 47.3 Å². The highest BCUT2D eigenvalue weighted by Crippen LogP contribution is 2.28. The fraction of sp³-hybridized carbons (Fsp3) is 0.393. The summed E-state index contributed by atoms with van der Waals surface area (Å²) in [6.45, 7) is 4.96. The minimum Gasteiger partial charge on any atom is -0.465 e. The fourth-order valence-corrected chi connectivity index (χ4v) is 4.86. The molecule has 1 aromatic heterocycles. The molecular formula is C28H34N6O4. The number of esters is 1. The van der Waals surface area contributed by atoms with Crippen molar-refractivity contribution < 1.29 is 14.3 Å². The summed E-state index contributed by atoms with van der Waals surface area (Å²) in [5.74, 6) is -0.609. The summed E-state index contributed by atoms with van der Waals surface area (Å²) < 4.78 is 6.62. The highest BCUT2D eigenvalue weighted by atomic mass is 16.5. The van der Waals surface area contributed by atoms with Crippen molar-refractivity contribution in [3.8, 4) is 0 Å². The Kier molecular flexibility index (Phi) is 7.91. The number of hydrogen-bond donors (Lipinski definition) is 3. The number of aromatic nitrogens is 2. The third kappa shape index (κ3) is 5.45. The Morgan fingerprint density at radius 2 is 1.92 bits per heavy atom. The summed E-state index contributed by atoms with van der Waals surface area (Å²) in [6, 6.07) is 12.5. The van der Waals surface area contributed by atoms with E-state index in [4.69, 9.17) is 20.9 Å². The van der Waals surface area contributed by atoms with Crippen LogP contribution >= 0.6 is 0 Å². The number of aryl methyl sites for hydroxylation is 1. The minimum absolute atomic E-state index is 0.0480. The maximum Gasteiger partial charge on any atom is 0.319 e. The Balaban J connectivity index is 1.75. The van der Waals surface area contributed by atoms with Crippen LogP contribution in [0.2, 0.25) is 0 Å². The topological polar surface area (TPSA) is 143 Å². The quantitative estimate of drug-likeness (QED) is 0.223.